The highest BCUT2D eigenvalue weighted by Gasteiger charge is 2.28. The summed E-state index contributed by atoms with van der Waals surface area (Å²) in [6.07, 6.45) is 3.13. The van der Waals surface area contributed by atoms with Crippen LogP contribution in [0.15, 0.2) is 35.7 Å². The van der Waals surface area contributed by atoms with Crippen LogP contribution in [-0.2, 0) is 33.5 Å². The molecular formula is C28H34N2O5S. The maximum absolute atomic E-state index is 12.7. The lowest BCUT2D eigenvalue weighted by atomic mass is 10.1. The van der Waals surface area contributed by atoms with Crippen LogP contribution in [0.25, 0.3) is 10.1 Å². The van der Waals surface area contributed by atoms with E-state index in [1.165, 1.54) is 0 Å². The van der Waals surface area contributed by atoms with Gasteiger partial charge in [-0.15, -0.1) is 11.3 Å². The fraction of sp³-hybridized carbons (Fsp3) is 0.464. The molecule has 0 unspecified atom stereocenters. The number of thiophene rings is 1. The fourth-order valence-electron chi connectivity index (χ4n) is 4.20. The Labute approximate surface area is 216 Å². The number of nitrogens with zero attached hydrogens (tertiary/aromatic N) is 2. The van der Waals surface area contributed by atoms with Gasteiger partial charge in [-0.1, -0.05) is 6.07 Å². The first kappa shape index (κ1) is 25.9. The van der Waals surface area contributed by atoms with Crippen LogP contribution >= 0.6 is 11.3 Å². The molecule has 1 aromatic carbocycles. The SMILES string of the molecule is CCOC(=O)CCc1csc2cc(OCCc3ccc4c(n3)N(C(=O)OC(C)(C)C)CCC4)ccc12. The van der Waals surface area contributed by atoms with E-state index in [4.69, 9.17) is 19.2 Å². The minimum absolute atomic E-state index is 0.165. The number of benzene rings is 1. The highest BCUT2D eigenvalue weighted by molar-refractivity contribution is 7.17. The summed E-state index contributed by atoms with van der Waals surface area (Å²) in [6, 6.07) is 10.1. The average molecular weight is 511 g/mol. The Bertz CT molecular complexity index is 1230. The molecule has 3 heterocycles. The van der Waals surface area contributed by atoms with Gasteiger partial charge in [-0.2, -0.15) is 0 Å². The standard InChI is InChI=1S/C28H34N2O5S/c1-5-33-25(31)13-9-20-18-36-24-17-22(11-12-23(20)24)34-16-14-21-10-8-19-7-6-15-30(26(19)29-21)27(32)35-28(2,3)4/h8,10-12,17-18H,5-7,9,13-16H2,1-4H3. The molecule has 2 aromatic heterocycles. The van der Waals surface area contributed by atoms with Crippen LogP contribution in [0.2, 0.25) is 0 Å². The first-order valence-corrected chi connectivity index (χ1v) is 13.4. The number of rotatable bonds is 8. The maximum atomic E-state index is 12.7. The van der Waals surface area contributed by atoms with Crippen molar-refractivity contribution in [3.8, 4) is 5.75 Å². The quantitative estimate of drug-likeness (QED) is 0.341. The molecule has 1 amide bonds. The van der Waals surface area contributed by atoms with Gasteiger partial charge in [-0.25, -0.2) is 9.78 Å². The number of hydrogen-bond donors (Lipinski definition) is 0. The number of carbonyl (C=O) groups is 2. The second-order valence-corrected chi connectivity index (χ2v) is 10.8. The zero-order chi connectivity index (χ0) is 25.7. The van der Waals surface area contributed by atoms with Crippen LogP contribution in [-0.4, -0.2) is 42.4 Å². The Morgan fingerprint density at radius 3 is 2.75 bits per heavy atom. The monoisotopic (exact) mass is 510 g/mol. The smallest absolute Gasteiger partial charge is 0.416 e. The summed E-state index contributed by atoms with van der Waals surface area (Å²) in [4.78, 5) is 30.8. The van der Waals surface area contributed by atoms with Crippen LogP contribution in [0.5, 0.6) is 5.75 Å². The molecule has 0 fully saturated rings. The molecular weight excluding hydrogens is 476 g/mol. The largest absolute Gasteiger partial charge is 0.493 e. The van der Waals surface area contributed by atoms with Gasteiger partial charge in [0.2, 0.25) is 0 Å². The van der Waals surface area contributed by atoms with Crippen molar-refractivity contribution in [2.75, 3.05) is 24.7 Å². The normalized spacial score (nSPS) is 13.4. The number of anilines is 1. The molecule has 0 N–H and O–H groups in total. The molecule has 7 nitrogen and oxygen atoms in total. The van der Waals surface area contributed by atoms with E-state index in [1.54, 1.807) is 16.2 Å². The number of aryl methyl sites for hydroxylation is 2. The molecule has 0 aliphatic carbocycles. The molecule has 0 spiro atoms. The van der Waals surface area contributed by atoms with Crippen LogP contribution in [0.3, 0.4) is 0 Å². The van der Waals surface area contributed by atoms with E-state index in [2.05, 4.69) is 17.5 Å². The first-order valence-electron chi connectivity index (χ1n) is 12.5. The summed E-state index contributed by atoms with van der Waals surface area (Å²) in [6.45, 7) is 8.92. The Morgan fingerprint density at radius 2 is 1.97 bits per heavy atom. The van der Waals surface area contributed by atoms with E-state index in [0.29, 0.717) is 44.8 Å². The first-order chi connectivity index (χ1) is 17.2. The molecule has 0 bridgehead atoms. The lowest BCUT2D eigenvalue weighted by molar-refractivity contribution is -0.143. The molecule has 3 aromatic rings. The molecule has 1 aliphatic heterocycles. The average Bonchev–Trinajstić information content (AvgIpc) is 3.23. The van der Waals surface area contributed by atoms with E-state index < -0.39 is 5.60 Å². The molecule has 192 valence electrons. The van der Waals surface area contributed by atoms with Gasteiger partial charge in [-0.05, 0) is 93.1 Å². The molecule has 0 radical (unpaired) electrons. The maximum Gasteiger partial charge on any atom is 0.416 e. The van der Waals surface area contributed by atoms with Crippen molar-refractivity contribution in [3.05, 3.63) is 52.5 Å². The van der Waals surface area contributed by atoms with E-state index >= 15 is 0 Å². The van der Waals surface area contributed by atoms with Gasteiger partial charge >= 0.3 is 12.1 Å². The van der Waals surface area contributed by atoms with Crippen molar-refractivity contribution in [2.45, 2.75) is 65.4 Å². The van der Waals surface area contributed by atoms with Crippen LogP contribution < -0.4 is 9.64 Å². The highest BCUT2D eigenvalue weighted by atomic mass is 32.1. The lowest BCUT2D eigenvalue weighted by Gasteiger charge is -2.31. The Hall–Kier alpha value is -3.13. The minimum atomic E-state index is -0.550. The topological polar surface area (TPSA) is 78.0 Å². The van der Waals surface area contributed by atoms with Gasteiger partial charge in [0.05, 0.1) is 13.2 Å². The van der Waals surface area contributed by atoms with Gasteiger partial charge in [0.15, 0.2) is 0 Å². The summed E-state index contributed by atoms with van der Waals surface area (Å²) >= 11 is 1.65. The molecule has 36 heavy (non-hydrogen) atoms. The van der Waals surface area contributed by atoms with Gasteiger partial charge < -0.3 is 14.2 Å². The van der Waals surface area contributed by atoms with Crippen LogP contribution in [0, 0.1) is 0 Å². The number of amides is 1. The van der Waals surface area contributed by atoms with Crippen LogP contribution in [0.1, 0.15) is 57.4 Å². The predicted octanol–water partition coefficient (Wildman–Crippen LogP) is 6.10. The van der Waals surface area contributed by atoms with Gasteiger partial charge in [0.25, 0.3) is 0 Å². The molecule has 0 atom stereocenters. The lowest BCUT2D eigenvalue weighted by Crippen LogP contribution is -2.40. The number of pyridine rings is 1. The van der Waals surface area contributed by atoms with Crippen molar-refractivity contribution in [3.63, 3.8) is 0 Å². The Balaban J connectivity index is 1.37. The summed E-state index contributed by atoms with van der Waals surface area (Å²) in [5.41, 5.74) is 2.55. The predicted molar refractivity (Wildman–Crippen MR) is 142 cm³/mol. The van der Waals surface area contributed by atoms with Crippen molar-refractivity contribution >= 4 is 39.3 Å². The molecule has 0 saturated carbocycles. The summed E-state index contributed by atoms with van der Waals surface area (Å²) in [5.74, 6) is 1.33. The van der Waals surface area contributed by atoms with Gasteiger partial charge in [-0.3, -0.25) is 9.69 Å². The van der Waals surface area contributed by atoms with Gasteiger partial charge in [0.1, 0.15) is 17.2 Å². The summed E-state index contributed by atoms with van der Waals surface area (Å²) in [7, 11) is 0. The third-order valence-electron chi connectivity index (χ3n) is 5.87. The molecule has 4 rings (SSSR count). The third-order valence-corrected chi connectivity index (χ3v) is 6.86. The van der Waals surface area contributed by atoms with E-state index in [9.17, 15) is 9.59 Å². The van der Waals surface area contributed by atoms with Crippen molar-refractivity contribution in [1.29, 1.82) is 0 Å². The second kappa shape index (κ2) is 11.3. The Kier molecular flexibility index (Phi) is 8.14. The van der Waals surface area contributed by atoms with E-state index in [0.717, 1.165) is 45.5 Å². The summed E-state index contributed by atoms with van der Waals surface area (Å²) < 4.78 is 17.8. The number of aromatic nitrogens is 1. The number of esters is 1. The van der Waals surface area contributed by atoms with Crippen molar-refractivity contribution in [1.82, 2.24) is 4.98 Å². The van der Waals surface area contributed by atoms with Crippen molar-refractivity contribution in [2.24, 2.45) is 0 Å². The zero-order valence-corrected chi connectivity index (χ0v) is 22.3. The van der Waals surface area contributed by atoms with E-state index in [-0.39, 0.29) is 12.1 Å². The molecule has 0 saturated heterocycles. The Morgan fingerprint density at radius 1 is 1.14 bits per heavy atom. The van der Waals surface area contributed by atoms with Crippen LogP contribution in [0.4, 0.5) is 10.6 Å². The number of fused-ring (bicyclic) bond motifs is 2. The zero-order valence-electron chi connectivity index (χ0n) is 21.5. The highest BCUT2D eigenvalue weighted by Crippen LogP contribution is 2.31. The molecule has 8 heteroatoms. The minimum Gasteiger partial charge on any atom is -0.493 e. The third kappa shape index (κ3) is 6.55. The number of hydrogen-bond acceptors (Lipinski definition) is 7. The van der Waals surface area contributed by atoms with Crippen molar-refractivity contribution < 1.29 is 23.8 Å². The summed E-state index contributed by atoms with van der Waals surface area (Å²) in [5, 5.41) is 3.25. The fourth-order valence-corrected chi connectivity index (χ4v) is 5.23. The number of ether oxygens (including phenoxy) is 3. The van der Waals surface area contributed by atoms with Gasteiger partial charge in [0, 0.05) is 29.8 Å². The van der Waals surface area contributed by atoms with E-state index in [1.807, 2.05) is 45.9 Å². The molecule has 1 aliphatic rings. The number of carbonyl (C=O) groups excluding carboxylic acids is 2. The second-order valence-electron chi connectivity index (χ2n) is 9.84.